The smallest absolute Gasteiger partial charge is 0.223 e. The summed E-state index contributed by atoms with van der Waals surface area (Å²) in [6.07, 6.45) is 2.70. The zero-order valence-corrected chi connectivity index (χ0v) is 17.2. The van der Waals surface area contributed by atoms with Crippen LogP contribution in [-0.2, 0) is 4.79 Å². The van der Waals surface area contributed by atoms with Crippen LogP contribution in [0.15, 0.2) is 48.5 Å². The summed E-state index contributed by atoms with van der Waals surface area (Å²) >= 11 is 0. The minimum absolute atomic E-state index is 0.0161. The van der Waals surface area contributed by atoms with Gasteiger partial charge in [0, 0.05) is 6.54 Å². The fraction of sp³-hybridized carbons (Fsp3) is 0.435. The van der Waals surface area contributed by atoms with Crippen molar-refractivity contribution in [2.75, 3.05) is 40.5 Å². The number of amides is 1. The van der Waals surface area contributed by atoms with Gasteiger partial charge in [0.05, 0.1) is 33.3 Å². The van der Waals surface area contributed by atoms with E-state index in [2.05, 4.69) is 22.3 Å². The molecule has 2 aromatic rings. The first kappa shape index (κ1) is 21.0. The topological polar surface area (TPSA) is 60.0 Å². The summed E-state index contributed by atoms with van der Waals surface area (Å²) in [7, 11) is 3.27. The number of nitrogens with zero attached hydrogens (tertiary/aromatic N) is 1. The zero-order chi connectivity index (χ0) is 20.5. The van der Waals surface area contributed by atoms with Crippen molar-refractivity contribution in [2.45, 2.75) is 25.3 Å². The number of hydrogen-bond acceptors (Lipinski definition) is 5. The molecule has 1 aliphatic rings. The highest BCUT2D eigenvalue weighted by atomic mass is 16.5. The van der Waals surface area contributed by atoms with Crippen molar-refractivity contribution in [3.8, 4) is 17.2 Å². The lowest BCUT2D eigenvalue weighted by Crippen LogP contribution is -2.37. The van der Waals surface area contributed by atoms with E-state index in [0.29, 0.717) is 31.1 Å². The van der Waals surface area contributed by atoms with Gasteiger partial charge in [-0.15, -0.1) is 0 Å². The highest BCUT2D eigenvalue weighted by Gasteiger charge is 2.24. The Labute approximate surface area is 172 Å². The van der Waals surface area contributed by atoms with Crippen LogP contribution < -0.4 is 19.5 Å². The molecule has 1 heterocycles. The third-order valence-electron chi connectivity index (χ3n) is 5.23. The van der Waals surface area contributed by atoms with Gasteiger partial charge in [0.1, 0.15) is 5.75 Å². The Morgan fingerprint density at radius 1 is 1.00 bits per heavy atom. The number of carbonyl (C=O) groups is 1. The van der Waals surface area contributed by atoms with Gasteiger partial charge in [-0.3, -0.25) is 9.69 Å². The first-order chi connectivity index (χ1) is 14.2. The average molecular weight is 399 g/mol. The van der Waals surface area contributed by atoms with Crippen LogP contribution in [0.25, 0.3) is 0 Å². The van der Waals surface area contributed by atoms with E-state index in [9.17, 15) is 4.79 Å². The lowest BCUT2D eigenvalue weighted by molar-refractivity contribution is -0.121. The summed E-state index contributed by atoms with van der Waals surface area (Å²) in [6.45, 7) is 3.01. The van der Waals surface area contributed by atoms with Gasteiger partial charge in [-0.1, -0.05) is 24.3 Å². The normalized spacial score (nSPS) is 15.0. The Hall–Kier alpha value is -2.73. The summed E-state index contributed by atoms with van der Waals surface area (Å²) in [5.41, 5.74) is 1.19. The van der Waals surface area contributed by atoms with Crippen molar-refractivity contribution in [3.63, 3.8) is 0 Å². The van der Waals surface area contributed by atoms with Crippen LogP contribution in [0.4, 0.5) is 0 Å². The maximum absolute atomic E-state index is 12.4. The standard InChI is InChI=1S/C23H30N2O4/c1-27-19-11-9-18(10-12-19)20(25-14-5-6-15-25)17-24-23(26)13-16-29-22-8-4-3-7-21(22)28-2/h3-4,7-12,20H,5-6,13-17H2,1-2H3,(H,24,26). The summed E-state index contributed by atoms with van der Waals surface area (Å²) in [6, 6.07) is 15.7. The molecular weight excluding hydrogens is 368 g/mol. The molecule has 1 fully saturated rings. The molecule has 1 unspecified atom stereocenters. The summed E-state index contributed by atoms with van der Waals surface area (Å²) in [4.78, 5) is 14.8. The van der Waals surface area contributed by atoms with Gasteiger partial charge in [-0.25, -0.2) is 0 Å². The summed E-state index contributed by atoms with van der Waals surface area (Å²) in [5.74, 6) is 2.14. The second-order valence-electron chi connectivity index (χ2n) is 7.09. The van der Waals surface area contributed by atoms with E-state index in [-0.39, 0.29) is 11.9 Å². The zero-order valence-electron chi connectivity index (χ0n) is 17.2. The molecule has 29 heavy (non-hydrogen) atoms. The van der Waals surface area contributed by atoms with Crippen molar-refractivity contribution in [2.24, 2.45) is 0 Å². The maximum atomic E-state index is 12.4. The molecule has 1 amide bonds. The molecule has 1 N–H and O–H groups in total. The fourth-order valence-corrected chi connectivity index (χ4v) is 3.63. The van der Waals surface area contributed by atoms with Crippen LogP contribution in [0.5, 0.6) is 17.2 Å². The monoisotopic (exact) mass is 398 g/mol. The van der Waals surface area contributed by atoms with E-state index in [4.69, 9.17) is 14.2 Å². The van der Waals surface area contributed by atoms with Crippen molar-refractivity contribution in [1.29, 1.82) is 0 Å². The van der Waals surface area contributed by atoms with Crippen LogP contribution in [0.3, 0.4) is 0 Å². The van der Waals surface area contributed by atoms with Crippen LogP contribution >= 0.6 is 0 Å². The number of methoxy groups -OCH3 is 2. The number of likely N-dealkylation sites (tertiary alicyclic amines) is 1. The van der Waals surface area contributed by atoms with Crippen LogP contribution in [0.2, 0.25) is 0 Å². The second kappa shape index (κ2) is 10.7. The molecule has 0 aromatic heterocycles. The molecule has 0 spiro atoms. The summed E-state index contributed by atoms with van der Waals surface area (Å²) in [5, 5.41) is 3.08. The van der Waals surface area contributed by atoms with E-state index in [0.717, 1.165) is 18.8 Å². The van der Waals surface area contributed by atoms with Gasteiger partial charge in [0.15, 0.2) is 11.5 Å². The Morgan fingerprint density at radius 3 is 2.34 bits per heavy atom. The number of carbonyl (C=O) groups excluding carboxylic acids is 1. The Morgan fingerprint density at radius 2 is 1.69 bits per heavy atom. The Kier molecular flexibility index (Phi) is 7.76. The Bertz CT molecular complexity index is 773. The first-order valence-corrected chi connectivity index (χ1v) is 10.1. The SMILES string of the molecule is COc1ccc(C(CNC(=O)CCOc2ccccc2OC)N2CCCC2)cc1. The number of para-hydroxylation sites is 2. The molecule has 156 valence electrons. The maximum Gasteiger partial charge on any atom is 0.223 e. The van der Waals surface area contributed by atoms with Crippen LogP contribution in [0, 0.1) is 0 Å². The van der Waals surface area contributed by atoms with Crippen molar-refractivity contribution in [3.05, 3.63) is 54.1 Å². The number of nitrogens with one attached hydrogen (secondary N) is 1. The lowest BCUT2D eigenvalue weighted by atomic mass is 10.1. The largest absolute Gasteiger partial charge is 0.497 e. The predicted molar refractivity (Wildman–Crippen MR) is 113 cm³/mol. The van der Waals surface area contributed by atoms with Gasteiger partial charge in [-0.2, -0.15) is 0 Å². The first-order valence-electron chi connectivity index (χ1n) is 10.1. The van der Waals surface area contributed by atoms with Gasteiger partial charge in [0.2, 0.25) is 5.91 Å². The average Bonchev–Trinajstić information content (AvgIpc) is 3.29. The number of ether oxygens (including phenoxy) is 3. The quantitative estimate of drug-likeness (QED) is 0.664. The van der Waals surface area contributed by atoms with E-state index in [1.54, 1.807) is 14.2 Å². The van der Waals surface area contributed by atoms with E-state index >= 15 is 0 Å². The lowest BCUT2D eigenvalue weighted by Gasteiger charge is -2.28. The molecule has 1 atom stereocenters. The third kappa shape index (κ3) is 5.87. The molecule has 0 bridgehead atoms. The second-order valence-corrected chi connectivity index (χ2v) is 7.09. The highest BCUT2D eigenvalue weighted by molar-refractivity contribution is 5.76. The fourth-order valence-electron chi connectivity index (χ4n) is 3.63. The third-order valence-corrected chi connectivity index (χ3v) is 5.23. The predicted octanol–water partition coefficient (Wildman–Crippen LogP) is 3.43. The highest BCUT2D eigenvalue weighted by Crippen LogP contribution is 2.27. The van der Waals surface area contributed by atoms with Crippen LogP contribution in [0.1, 0.15) is 30.9 Å². The molecule has 2 aromatic carbocycles. The van der Waals surface area contributed by atoms with Gasteiger partial charge >= 0.3 is 0 Å². The van der Waals surface area contributed by atoms with Gasteiger partial charge < -0.3 is 19.5 Å². The van der Waals surface area contributed by atoms with E-state index in [1.165, 1.54) is 18.4 Å². The molecule has 6 nitrogen and oxygen atoms in total. The van der Waals surface area contributed by atoms with Crippen molar-refractivity contribution in [1.82, 2.24) is 10.2 Å². The van der Waals surface area contributed by atoms with Crippen molar-refractivity contribution >= 4 is 5.91 Å². The molecule has 1 aliphatic heterocycles. The van der Waals surface area contributed by atoms with Crippen molar-refractivity contribution < 1.29 is 19.0 Å². The van der Waals surface area contributed by atoms with Crippen LogP contribution in [-0.4, -0.2) is 51.3 Å². The number of rotatable bonds is 10. The minimum atomic E-state index is -0.0161. The molecule has 1 saturated heterocycles. The Balaban J connectivity index is 1.52. The molecule has 0 aliphatic carbocycles. The van der Waals surface area contributed by atoms with E-state index < -0.39 is 0 Å². The molecule has 0 saturated carbocycles. The van der Waals surface area contributed by atoms with E-state index in [1.807, 2.05) is 36.4 Å². The minimum Gasteiger partial charge on any atom is -0.497 e. The summed E-state index contributed by atoms with van der Waals surface area (Å²) < 4.78 is 16.2. The molecular formula is C23H30N2O4. The molecule has 3 rings (SSSR count). The molecule has 6 heteroatoms. The number of benzene rings is 2. The van der Waals surface area contributed by atoms with Gasteiger partial charge in [0.25, 0.3) is 0 Å². The number of hydrogen-bond donors (Lipinski definition) is 1. The van der Waals surface area contributed by atoms with Gasteiger partial charge in [-0.05, 0) is 55.8 Å². The molecule has 0 radical (unpaired) electrons.